The largest absolute Gasteiger partial charge is 2.00 e. The van der Waals surface area contributed by atoms with Gasteiger partial charge in [0, 0.05) is 22.2 Å². The molecule has 4 unspecified atom stereocenters. The van der Waals surface area contributed by atoms with E-state index in [1.807, 2.05) is 0 Å². The number of ether oxygens (including phenoxy) is 4. The van der Waals surface area contributed by atoms with Crippen molar-refractivity contribution in [3.05, 3.63) is 21.3 Å². The van der Waals surface area contributed by atoms with E-state index in [-0.39, 0.29) is 113 Å². The van der Waals surface area contributed by atoms with Crippen LogP contribution >= 0.6 is 0 Å². The molecule has 2 radical (unpaired) electrons. The predicted octanol–water partition coefficient (Wildman–Crippen LogP) is 0.768. The van der Waals surface area contributed by atoms with Crippen LogP contribution in [0, 0.1) is 0 Å². The zero-order chi connectivity index (χ0) is 39.3. The van der Waals surface area contributed by atoms with Gasteiger partial charge in [0.2, 0.25) is 0 Å². The van der Waals surface area contributed by atoms with Crippen molar-refractivity contribution in [1.29, 1.82) is 0 Å². The van der Waals surface area contributed by atoms with E-state index in [2.05, 4.69) is 41.2 Å². The molecule has 6 heterocycles. The van der Waals surface area contributed by atoms with Crippen LogP contribution in [-0.4, -0.2) is 147 Å². The molecule has 6 rings (SSSR count). The van der Waals surface area contributed by atoms with Gasteiger partial charge in [-0.05, 0) is 107 Å². The van der Waals surface area contributed by atoms with Crippen molar-refractivity contribution in [2.75, 3.05) is 78.8 Å². The Morgan fingerprint density at radius 3 is 0.685 bits per heavy atom. The van der Waals surface area contributed by atoms with Crippen LogP contribution < -0.4 is 20.4 Å². The number of aliphatic imine (C=N–C) groups is 4. The summed E-state index contributed by atoms with van der Waals surface area (Å²) in [7, 11) is 0. The van der Waals surface area contributed by atoms with Gasteiger partial charge >= 0.3 is 34.1 Å². The molecule has 318 valence electrons. The topological polar surface area (TPSA) is 235 Å². The van der Waals surface area contributed by atoms with Gasteiger partial charge < -0.3 is 60.6 Å². The van der Waals surface area contributed by atoms with Crippen LogP contribution in [0.3, 0.4) is 0 Å². The maximum absolute atomic E-state index is 13.8. The van der Waals surface area contributed by atoms with Crippen molar-refractivity contribution < 1.29 is 73.5 Å². The summed E-state index contributed by atoms with van der Waals surface area (Å²) in [6, 6.07) is 0. The molecule has 0 saturated carbocycles. The Bertz CT molecular complexity index is 1160. The monoisotopic (exact) mass is 858 g/mol. The molecule has 0 spiro atoms. The van der Waals surface area contributed by atoms with Crippen LogP contribution in [0.2, 0.25) is 0 Å². The molecule has 4 bridgehead atoms. The van der Waals surface area contributed by atoms with Gasteiger partial charge in [-0.2, -0.15) is 0 Å². The first-order chi connectivity index (χ1) is 23.8. The molecule has 0 amide bonds. The number of hydrogen-bond donors (Lipinski definition) is 0. The molecule has 0 aromatic rings. The van der Waals surface area contributed by atoms with Crippen molar-refractivity contribution in [2.24, 2.45) is 20.0 Å². The summed E-state index contributed by atoms with van der Waals surface area (Å²) in [6.45, 7) is 20.2. The predicted molar refractivity (Wildman–Crippen MR) is 196 cm³/mol. The van der Waals surface area contributed by atoms with Crippen LogP contribution in [0.15, 0.2) is 20.0 Å². The van der Waals surface area contributed by atoms with E-state index >= 15 is 0 Å². The first-order valence-corrected chi connectivity index (χ1v) is 17.9. The third-order valence-corrected chi connectivity index (χ3v) is 8.92. The zero-order valence-electron chi connectivity index (χ0n) is 33.9. The van der Waals surface area contributed by atoms with Crippen LogP contribution in [0.5, 0.6) is 0 Å². The molecule has 6 aliphatic rings. The van der Waals surface area contributed by atoms with Gasteiger partial charge in [0.25, 0.3) is 0 Å². The average molecular weight is 860 g/mol. The fourth-order valence-electron chi connectivity index (χ4n) is 5.65. The first-order valence-electron chi connectivity index (χ1n) is 17.9. The Labute approximate surface area is 343 Å². The van der Waals surface area contributed by atoms with Crippen LogP contribution in [0.4, 0.5) is 0 Å². The number of nitrogens with zero attached hydrogens (tertiary/aromatic N) is 8. The van der Waals surface area contributed by atoms with Gasteiger partial charge in [0.15, 0.2) is 0 Å². The smallest absolute Gasteiger partial charge is 0.860 e. The molecule has 4 atom stereocenters. The van der Waals surface area contributed by atoms with Gasteiger partial charge in [0.05, 0.1) is 48.8 Å². The Morgan fingerprint density at radius 1 is 0.352 bits per heavy atom. The number of rotatable bonds is 0. The van der Waals surface area contributed by atoms with Crippen molar-refractivity contribution in [2.45, 2.75) is 128 Å². The quantitative estimate of drug-likeness (QED) is 0.315. The molecular weight excluding hydrogens is 800 g/mol. The second-order valence-electron chi connectivity index (χ2n) is 17.4. The van der Waals surface area contributed by atoms with Gasteiger partial charge in [-0.15, -0.1) is 52.4 Å². The van der Waals surface area contributed by atoms with Gasteiger partial charge in [-0.1, -0.05) is 0 Å². The molecule has 6 aliphatic heterocycles. The average Bonchev–Trinajstić information content (AvgIpc) is 2.99. The van der Waals surface area contributed by atoms with Gasteiger partial charge in [0.1, 0.15) is 0 Å². The minimum absolute atomic E-state index is 0. The summed E-state index contributed by atoms with van der Waals surface area (Å²) in [5, 5.41) is 73.7. The van der Waals surface area contributed by atoms with Crippen LogP contribution in [0.1, 0.15) is 83.1 Å². The van der Waals surface area contributed by atoms with E-state index in [0.717, 1.165) is 0 Å². The third kappa shape index (κ3) is 14.5. The molecular formula is C36H60Cu2N8O8-4. The Kier molecular flexibility index (Phi) is 18.2. The second-order valence-corrected chi connectivity index (χ2v) is 17.4. The van der Waals surface area contributed by atoms with Crippen molar-refractivity contribution >= 4 is 23.6 Å². The van der Waals surface area contributed by atoms with Gasteiger partial charge in [-0.25, -0.2) is 0 Å². The summed E-state index contributed by atoms with van der Waals surface area (Å²) < 4.78 is 24.7. The van der Waals surface area contributed by atoms with Crippen molar-refractivity contribution in [3.63, 3.8) is 0 Å². The van der Waals surface area contributed by atoms with E-state index in [9.17, 15) is 20.4 Å². The molecule has 0 aromatic heterocycles. The normalized spacial score (nSPS) is 34.9. The van der Waals surface area contributed by atoms with E-state index in [1.165, 1.54) is 0 Å². The van der Waals surface area contributed by atoms with E-state index in [0.29, 0.717) is 0 Å². The standard InChI is InChI=1S/C36H64N8O8.2Cu/c1-29(2)17-37-21-34(10)26(46)42-30(3,4)18-38-22-33(9,25(45)41-29)49-13-14-51-35(11)23-39-19-32(7,8)44-28(48)36(12,52-16-15-50-34)24-40-20-31(5,6)43-27(35)47;;/h13-24H2,1-12H3,(H,41,45)(H,42,46)(H,43,47)(H,44,48);;/q-4;2*+2/p-4. The molecule has 0 aliphatic carbocycles. The maximum Gasteiger partial charge on any atom is 2.00 e. The maximum atomic E-state index is 13.8. The van der Waals surface area contributed by atoms with Gasteiger partial charge in [-0.3, -0.25) is 20.0 Å². The molecule has 16 nitrogen and oxygen atoms in total. The van der Waals surface area contributed by atoms with E-state index in [1.54, 1.807) is 83.1 Å². The van der Waals surface area contributed by atoms with Crippen LogP contribution in [0.25, 0.3) is 21.3 Å². The van der Waals surface area contributed by atoms with Crippen molar-refractivity contribution in [1.82, 2.24) is 0 Å². The van der Waals surface area contributed by atoms with E-state index in [4.69, 9.17) is 18.9 Å². The fourth-order valence-corrected chi connectivity index (χ4v) is 5.65. The summed E-state index contributed by atoms with van der Waals surface area (Å²) in [5.74, 6) is -2.12. The Morgan fingerprint density at radius 2 is 0.519 bits per heavy atom. The summed E-state index contributed by atoms with van der Waals surface area (Å²) in [4.78, 5) is 17.9. The van der Waals surface area contributed by atoms with E-state index < -0.39 is 68.2 Å². The summed E-state index contributed by atoms with van der Waals surface area (Å²) in [6.07, 6.45) is 0. The molecule has 18 heteroatoms. The Hall–Kier alpha value is -1.40. The molecule has 0 aromatic carbocycles. The molecule has 0 N–H and O–H groups in total. The Balaban J connectivity index is 0.00000729. The minimum atomic E-state index is -1.49. The second kappa shape index (κ2) is 19.4. The van der Waals surface area contributed by atoms with Crippen molar-refractivity contribution in [3.8, 4) is 0 Å². The molecule has 0 fully saturated rings. The summed E-state index contributed by atoms with van der Waals surface area (Å²) in [5.41, 5.74) is -9.81. The zero-order valence-corrected chi connectivity index (χ0v) is 35.8. The van der Waals surface area contributed by atoms with Crippen LogP contribution in [-0.2, 0) is 53.1 Å². The fraction of sp³-hybridized carbons (Fsp3) is 0.889. The molecule has 0 saturated heterocycles. The summed E-state index contributed by atoms with van der Waals surface area (Å²) >= 11 is 0. The SMILES string of the molecule is CC1(C)C[N-]CC2(C)OCCOC3(C)C[N-]CC(C)(C)N=C([O-])C(C)(C[N-]CC(C)(C)N=C3[O-])OCCOC(C)(C[N-]CC(C)(C)N=C2[O-])C([O-])=N1.[Cu+2].[Cu+2]. The third-order valence-electron chi connectivity index (χ3n) is 8.92. The first kappa shape index (κ1) is 50.6. The number of hydrogen-bond acceptors (Lipinski definition) is 12. The molecule has 54 heavy (non-hydrogen) atoms. The minimum Gasteiger partial charge on any atom is -0.860 e.